The van der Waals surface area contributed by atoms with Gasteiger partial charge in [-0.1, -0.05) is 49.7 Å². The van der Waals surface area contributed by atoms with Crippen molar-refractivity contribution in [1.82, 2.24) is 15.1 Å². The second-order valence-corrected chi connectivity index (χ2v) is 6.60. The van der Waals surface area contributed by atoms with E-state index >= 15 is 0 Å². The number of aromatic nitrogens is 2. The van der Waals surface area contributed by atoms with Gasteiger partial charge in [-0.15, -0.1) is 0 Å². The van der Waals surface area contributed by atoms with Crippen LogP contribution in [0.1, 0.15) is 39.0 Å². The van der Waals surface area contributed by atoms with Crippen LogP contribution < -0.4 is 5.32 Å². The van der Waals surface area contributed by atoms with Crippen LogP contribution in [-0.2, 0) is 19.4 Å². The number of hydrogen-bond acceptors (Lipinski definition) is 3. The highest BCUT2D eigenvalue weighted by molar-refractivity contribution is 6.30. The van der Waals surface area contributed by atoms with Gasteiger partial charge >= 0.3 is 0 Å². The summed E-state index contributed by atoms with van der Waals surface area (Å²) in [5, 5.41) is 9.08. The number of allylic oxidation sites excluding steroid dienone is 1. The first-order chi connectivity index (χ1) is 13.1. The van der Waals surface area contributed by atoms with Gasteiger partial charge in [0.15, 0.2) is 0 Å². The highest BCUT2D eigenvalue weighted by Gasteiger charge is 2.20. The molecular weight excluding hydrogens is 356 g/mol. The molecule has 0 fully saturated rings. The largest absolute Gasteiger partial charge is 0.316 e. The summed E-state index contributed by atoms with van der Waals surface area (Å²) < 4.78 is 2.12. The lowest BCUT2D eigenvalue weighted by Gasteiger charge is -2.06. The van der Waals surface area contributed by atoms with Crippen LogP contribution >= 0.6 is 11.6 Å². The molecule has 1 aromatic heterocycles. The fourth-order valence-corrected chi connectivity index (χ4v) is 2.97. The monoisotopic (exact) mass is 388 g/mol. The fourth-order valence-electron chi connectivity index (χ4n) is 2.85. The van der Waals surface area contributed by atoms with Gasteiger partial charge in [-0.3, -0.25) is 4.68 Å². The van der Waals surface area contributed by atoms with Crippen LogP contribution in [-0.4, -0.2) is 36.1 Å². The lowest BCUT2D eigenvalue weighted by molar-refractivity contribution is 0.624. The molecule has 0 bridgehead atoms. The summed E-state index contributed by atoms with van der Waals surface area (Å²) in [6, 6.07) is 7.95. The molecule has 0 radical (unpaired) electrons. The third-order valence-corrected chi connectivity index (χ3v) is 4.30. The van der Waals surface area contributed by atoms with Gasteiger partial charge in [0, 0.05) is 41.9 Å². The molecule has 0 saturated carbocycles. The van der Waals surface area contributed by atoms with Crippen LogP contribution in [0.2, 0.25) is 5.02 Å². The van der Waals surface area contributed by atoms with E-state index in [9.17, 15) is 0 Å². The van der Waals surface area contributed by atoms with Gasteiger partial charge < -0.3 is 10.3 Å². The van der Waals surface area contributed by atoms with Crippen LogP contribution in [0.4, 0.5) is 0 Å². The van der Waals surface area contributed by atoms with Gasteiger partial charge in [0.25, 0.3) is 0 Å². The molecule has 2 heterocycles. The standard InChI is InChI=1S/C17H20ClN3.C3H7N.C2H6/c1-12(2)11-21-16-8-10-19-9-7-15(16)17(20-21)13-3-5-14(18)6-4-13;1-3-4-2;1-2/h3-6,19H,1,7-11H2,2H3;3H,1-2H3;1-2H3. The van der Waals surface area contributed by atoms with Crippen molar-refractivity contribution in [3.8, 4) is 11.3 Å². The number of fused-ring (bicyclic) bond motifs is 1. The van der Waals surface area contributed by atoms with E-state index in [0.29, 0.717) is 0 Å². The van der Waals surface area contributed by atoms with E-state index in [1.165, 1.54) is 11.3 Å². The molecular formula is C22H33ClN4. The SMILES string of the molecule is C=C(C)Cn1nc(-c2ccc(Cl)cc2)c2c1CCNCC2.CC.CC=NC. The Kier molecular flexibility index (Phi) is 10.7. The third kappa shape index (κ3) is 6.96. The molecule has 0 amide bonds. The minimum absolute atomic E-state index is 0.757. The maximum Gasteiger partial charge on any atom is 0.0958 e. The van der Waals surface area contributed by atoms with Crippen molar-refractivity contribution < 1.29 is 0 Å². The summed E-state index contributed by atoms with van der Waals surface area (Å²) in [4.78, 5) is 3.61. The Bertz CT molecular complexity index is 726. The third-order valence-electron chi connectivity index (χ3n) is 4.05. The molecule has 27 heavy (non-hydrogen) atoms. The number of nitrogens with one attached hydrogen (secondary N) is 1. The minimum Gasteiger partial charge on any atom is -0.316 e. The molecule has 0 spiro atoms. The summed E-state index contributed by atoms with van der Waals surface area (Å²) in [6.07, 6.45) is 3.78. The number of halogens is 1. The molecule has 0 aliphatic carbocycles. The van der Waals surface area contributed by atoms with Crippen molar-refractivity contribution >= 4 is 17.8 Å². The first-order valence-electron chi connectivity index (χ1n) is 9.63. The van der Waals surface area contributed by atoms with E-state index in [0.717, 1.165) is 54.3 Å². The second-order valence-electron chi connectivity index (χ2n) is 6.16. The Labute approximate surface area is 169 Å². The van der Waals surface area contributed by atoms with Crippen LogP contribution in [0.25, 0.3) is 11.3 Å². The van der Waals surface area contributed by atoms with Crippen molar-refractivity contribution in [3.05, 3.63) is 52.7 Å². The number of benzene rings is 1. The molecule has 0 atom stereocenters. The summed E-state index contributed by atoms with van der Waals surface area (Å²) in [6.45, 7) is 14.8. The molecule has 148 valence electrons. The van der Waals surface area contributed by atoms with Gasteiger partial charge in [-0.05, 0) is 45.2 Å². The van der Waals surface area contributed by atoms with Crippen molar-refractivity contribution in [2.75, 3.05) is 20.1 Å². The zero-order valence-corrected chi connectivity index (χ0v) is 18.1. The molecule has 4 nitrogen and oxygen atoms in total. The summed E-state index contributed by atoms with van der Waals surface area (Å²) >= 11 is 6.00. The predicted molar refractivity (Wildman–Crippen MR) is 119 cm³/mol. The summed E-state index contributed by atoms with van der Waals surface area (Å²) in [5.41, 5.74) is 6.06. The highest BCUT2D eigenvalue weighted by Crippen LogP contribution is 2.28. The molecule has 0 saturated heterocycles. The number of nitrogens with zero attached hydrogens (tertiary/aromatic N) is 3. The molecule has 0 unspecified atom stereocenters. The average molecular weight is 389 g/mol. The van der Waals surface area contributed by atoms with Crippen LogP contribution in [0.15, 0.2) is 41.4 Å². The maximum atomic E-state index is 6.00. The maximum absolute atomic E-state index is 6.00. The van der Waals surface area contributed by atoms with Crippen molar-refractivity contribution in [2.45, 2.75) is 47.1 Å². The lowest BCUT2D eigenvalue weighted by atomic mass is 10.0. The highest BCUT2D eigenvalue weighted by atomic mass is 35.5. The lowest BCUT2D eigenvalue weighted by Crippen LogP contribution is -2.17. The number of hydrogen-bond donors (Lipinski definition) is 1. The first-order valence-corrected chi connectivity index (χ1v) is 10.0. The summed E-state index contributed by atoms with van der Waals surface area (Å²) in [7, 11) is 1.75. The van der Waals surface area contributed by atoms with E-state index in [4.69, 9.17) is 16.7 Å². The Morgan fingerprint density at radius 2 is 1.85 bits per heavy atom. The van der Waals surface area contributed by atoms with E-state index < -0.39 is 0 Å². The Balaban J connectivity index is 0.000000541. The molecule has 3 rings (SSSR count). The van der Waals surface area contributed by atoms with Crippen molar-refractivity contribution in [1.29, 1.82) is 0 Å². The van der Waals surface area contributed by atoms with Crippen molar-refractivity contribution in [3.63, 3.8) is 0 Å². The normalized spacial score (nSPS) is 13.0. The minimum atomic E-state index is 0.757. The molecule has 1 N–H and O–H groups in total. The molecule has 1 aliphatic rings. The number of rotatable bonds is 3. The van der Waals surface area contributed by atoms with E-state index in [-0.39, 0.29) is 0 Å². The number of aliphatic imine (C=N–C) groups is 1. The average Bonchev–Trinajstić information content (AvgIpc) is 2.85. The van der Waals surface area contributed by atoms with Crippen LogP contribution in [0.3, 0.4) is 0 Å². The topological polar surface area (TPSA) is 42.2 Å². The quantitative estimate of drug-likeness (QED) is 0.579. The van der Waals surface area contributed by atoms with Crippen LogP contribution in [0.5, 0.6) is 0 Å². The Hall–Kier alpha value is -1.91. The van der Waals surface area contributed by atoms with E-state index in [1.54, 1.807) is 13.3 Å². The smallest absolute Gasteiger partial charge is 0.0958 e. The molecule has 5 heteroatoms. The van der Waals surface area contributed by atoms with Gasteiger partial charge in [0.05, 0.1) is 12.2 Å². The molecule has 1 aliphatic heterocycles. The van der Waals surface area contributed by atoms with E-state index in [2.05, 4.69) is 21.6 Å². The van der Waals surface area contributed by atoms with Gasteiger partial charge in [-0.25, -0.2) is 0 Å². The predicted octanol–water partition coefficient (Wildman–Crippen LogP) is 5.20. The Morgan fingerprint density at radius 3 is 2.41 bits per heavy atom. The van der Waals surface area contributed by atoms with Gasteiger partial charge in [0.2, 0.25) is 0 Å². The zero-order valence-electron chi connectivity index (χ0n) is 17.3. The van der Waals surface area contributed by atoms with Crippen LogP contribution in [0, 0.1) is 0 Å². The van der Waals surface area contributed by atoms with Gasteiger partial charge in [-0.2, -0.15) is 5.10 Å². The van der Waals surface area contributed by atoms with Gasteiger partial charge in [0.1, 0.15) is 0 Å². The molecule has 2 aromatic rings. The molecule has 1 aromatic carbocycles. The Morgan fingerprint density at radius 1 is 1.26 bits per heavy atom. The fraction of sp³-hybridized carbons (Fsp3) is 0.455. The zero-order chi connectivity index (χ0) is 20.2. The van der Waals surface area contributed by atoms with Crippen molar-refractivity contribution in [2.24, 2.45) is 4.99 Å². The second kappa shape index (κ2) is 12.5. The first kappa shape index (κ1) is 23.1. The summed E-state index contributed by atoms with van der Waals surface area (Å²) in [5.74, 6) is 0. The van der Waals surface area contributed by atoms with E-state index in [1.807, 2.05) is 52.0 Å².